The second kappa shape index (κ2) is 37.3. The van der Waals surface area contributed by atoms with Crippen LogP contribution in [0, 0.1) is 0 Å². The lowest BCUT2D eigenvalue weighted by molar-refractivity contribution is -0.386. The molecule has 0 radical (unpaired) electrons. The molecule has 0 aromatic rings. The monoisotopic (exact) mass is 1110 g/mol. The number of carbonyl (C=O) groups excluding carboxylic acids is 2. The van der Waals surface area contributed by atoms with Crippen molar-refractivity contribution < 1.29 is 104 Å². The molecule has 3 aliphatic rings. The van der Waals surface area contributed by atoms with E-state index in [1.54, 1.807) is 0 Å². The molecule has 0 aromatic heterocycles. The Hall–Kier alpha value is -2.79. The van der Waals surface area contributed by atoms with E-state index in [0.29, 0.717) is 19.3 Å². The smallest absolute Gasteiger partial charge is 0.364 e. The molecule has 18 atom stereocenters. The number of aliphatic hydroxyl groups is 11. The third-order valence-corrected chi connectivity index (χ3v) is 14.4. The SMILES string of the molecule is CCCCCCCC/C=C\C/C=C\CCC(=O)NC(COC1OC(CO)C(OC2OC(CO)C(O)C(OC3(C(=O)O)CC(O)C(NC(C)=O)C(C(O)C(O)CO)O3)C2O)C(O)C1O)C(O)CCCCCCCCCCCC. The second-order valence-corrected chi connectivity index (χ2v) is 20.8. The molecule has 77 heavy (non-hydrogen) atoms. The van der Waals surface area contributed by atoms with Gasteiger partial charge in [-0.15, -0.1) is 0 Å². The Morgan fingerprint density at radius 2 is 1.25 bits per heavy atom. The second-order valence-electron chi connectivity index (χ2n) is 20.8. The van der Waals surface area contributed by atoms with E-state index in [1.165, 1.54) is 64.2 Å². The Labute approximate surface area is 453 Å². The molecular weight excluding hydrogens is 1010 g/mol. The van der Waals surface area contributed by atoms with Crippen molar-refractivity contribution in [3.8, 4) is 0 Å². The Morgan fingerprint density at radius 3 is 1.82 bits per heavy atom. The molecule has 23 heteroatoms. The van der Waals surface area contributed by atoms with Gasteiger partial charge in [0.2, 0.25) is 11.8 Å². The highest BCUT2D eigenvalue weighted by atomic mass is 16.8. The van der Waals surface area contributed by atoms with E-state index in [1.807, 2.05) is 12.2 Å². The molecule has 2 amide bonds. The number of rotatable bonds is 39. The normalized spacial score (nSPS) is 31.5. The minimum absolute atomic E-state index is 0.116. The zero-order chi connectivity index (χ0) is 56.9. The van der Waals surface area contributed by atoms with Gasteiger partial charge in [0.1, 0.15) is 67.1 Å². The number of hydrogen-bond donors (Lipinski definition) is 14. The molecule has 23 nitrogen and oxygen atoms in total. The van der Waals surface area contributed by atoms with Crippen LogP contribution in [0.25, 0.3) is 0 Å². The molecule has 14 N–H and O–H groups in total. The first-order valence-electron chi connectivity index (χ1n) is 28.2. The van der Waals surface area contributed by atoms with Crippen LogP contribution < -0.4 is 10.6 Å². The van der Waals surface area contributed by atoms with Gasteiger partial charge in [-0.3, -0.25) is 9.59 Å². The van der Waals surface area contributed by atoms with Crippen LogP contribution in [0.4, 0.5) is 0 Å². The number of hydrogen-bond acceptors (Lipinski definition) is 20. The first-order valence-corrected chi connectivity index (χ1v) is 28.2. The number of aliphatic carboxylic acids is 1. The van der Waals surface area contributed by atoms with Crippen molar-refractivity contribution in [1.82, 2.24) is 10.6 Å². The molecule has 3 aliphatic heterocycles. The van der Waals surface area contributed by atoms with Crippen molar-refractivity contribution in [2.75, 3.05) is 26.4 Å². The topological polar surface area (TPSA) is 373 Å². The van der Waals surface area contributed by atoms with Gasteiger partial charge in [-0.25, -0.2) is 4.79 Å². The standard InChI is InChI=1S/C54H96N2O21/c1-4-6-8-10-12-14-16-17-18-20-22-24-26-28-41(64)56-35(36(61)27-25-23-21-19-15-13-11-9-7-5-2)33-72-51-46(68)45(67)48(40(32-59)74-51)75-52-47(69)50(44(66)39(31-58)73-52)77-54(53(70)71)29-37(62)42(55-34(3)60)49(76-54)43(65)38(63)30-57/h17-18,22,24,35-40,42-52,57-59,61-63,65-69H,4-16,19-21,23,25-33H2,1-3H3,(H,55,60)(H,56,64)(H,70,71)/b18-17-,24-22-. The predicted molar refractivity (Wildman–Crippen MR) is 278 cm³/mol. The van der Waals surface area contributed by atoms with Gasteiger partial charge >= 0.3 is 5.97 Å². The largest absolute Gasteiger partial charge is 0.477 e. The van der Waals surface area contributed by atoms with E-state index in [-0.39, 0.29) is 12.3 Å². The fraction of sp³-hybridized carbons (Fsp3) is 0.870. The van der Waals surface area contributed by atoms with Gasteiger partial charge < -0.3 is 100 Å². The zero-order valence-electron chi connectivity index (χ0n) is 45.5. The minimum atomic E-state index is -3.08. The molecule has 3 saturated heterocycles. The zero-order valence-corrected chi connectivity index (χ0v) is 45.5. The van der Waals surface area contributed by atoms with E-state index >= 15 is 0 Å². The molecule has 448 valence electrons. The Balaban J connectivity index is 1.71. The number of carboxylic acids is 1. The summed E-state index contributed by atoms with van der Waals surface area (Å²) in [5.74, 6) is -6.18. The molecule has 0 bridgehead atoms. The van der Waals surface area contributed by atoms with Crippen LogP contribution in [0.2, 0.25) is 0 Å². The first-order chi connectivity index (χ1) is 36.9. The van der Waals surface area contributed by atoms with Gasteiger partial charge in [0, 0.05) is 19.8 Å². The molecule has 3 heterocycles. The number of ether oxygens (including phenoxy) is 6. The molecule has 3 rings (SSSR count). The first kappa shape index (κ1) is 68.5. The fourth-order valence-electron chi connectivity index (χ4n) is 9.82. The van der Waals surface area contributed by atoms with Gasteiger partial charge in [-0.2, -0.15) is 0 Å². The Morgan fingerprint density at radius 1 is 0.675 bits per heavy atom. The van der Waals surface area contributed by atoms with Crippen molar-refractivity contribution in [3.63, 3.8) is 0 Å². The highest BCUT2D eigenvalue weighted by Crippen LogP contribution is 2.38. The van der Waals surface area contributed by atoms with Crippen molar-refractivity contribution in [3.05, 3.63) is 24.3 Å². The minimum Gasteiger partial charge on any atom is -0.477 e. The molecule has 0 spiro atoms. The summed E-state index contributed by atoms with van der Waals surface area (Å²) in [6, 6.07) is -2.56. The van der Waals surface area contributed by atoms with E-state index < -0.39 is 155 Å². The number of carboxylic acid groups (broad SMARTS) is 1. The number of nitrogens with one attached hydrogen (secondary N) is 2. The van der Waals surface area contributed by atoms with E-state index in [2.05, 4.69) is 36.6 Å². The molecular formula is C54H96N2O21. The van der Waals surface area contributed by atoms with E-state index in [0.717, 1.165) is 51.9 Å². The fourth-order valence-corrected chi connectivity index (χ4v) is 9.82. The van der Waals surface area contributed by atoms with Crippen molar-refractivity contribution in [2.24, 2.45) is 0 Å². The number of unbranched alkanes of at least 4 members (excludes halogenated alkanes) is 15. The quantitative estimate of drug-likeness (QED) is 0.0301. The highest BCUT2D eigenvalue weighted by molar-refractivity contribution is 5.77. The molecule has 0 aliphatic carbocycles. The lowest BCUT2D eigenvalue weighted by Crippen LogP contribution is -2.70. The third kappa shape index (κ3) is 22.6. The van der Waals surface area contributed by atoms with Crippen LogP contribution in [-0.4, -0.2) is 215 Å². The van der Waals surface area contributed by atoms with Gasteiger partial charge in [0.25, 0.3) is 5.79 Å². The van der Waals surface area contributed by atoms with Crippen LogP contribution >= 0.6 is 0 Å². The summed E-state index contributed by atoms with van der Waals surface area (Å²) in [4.78, 5) is 38.2. The van der Waals surface area contributed by atoms with Crippen molar-refractivity contribution in [2.45, 2.75) is 272 Å². The molecule has 0 aromatic carbocycles. The summed E-state index contributed by atoms with van der Waals surface area (Å²) >= 11 is 0. The van der Waals surface area contributed by atoms with Gasteiger partial charge in [-0.1, -0.05) is 134 Å². The summed E-state index contributed by atoms with van der Waals surface area (Å²) in [6.07, 6.45) is -0.264. The van der Waals surface area contributed by atoms with E-state index in [9.17, 15) is 75.7 Å². The summed E-state index contributed by atoms with van der Waals surface area (Å²) in [5, 5.41) is 135. The highest BCUT2D eigenvalue weighted by Gasteiger charge is 2.60. The van der Waals surface area contributed by atoms with Crippen LogP contribution in [-0.2, 0) is 42.8 Å². The number of amides is 2. The van der Waals surface area contributed by atoms with Crippen LogP contribution in [0.1, 0.15) is 162 Å². The lowest BCUT2D eigenvalue weighted by Gasteiger charge is -2.50. The van der Waals surface area contributed by atoms with Crippen LogP contribution in [0.15, 0.2) is 24.3 Å². The average Bonchev–Trinajstić information content (AvgIpc) is 3.40. The summed E-state index contributed by atoms with van der Waals surface area (Å²) in [6.45, 7) is 2.06. The summed E-state index contributed by atoms with van der Waals surface area (Å²) < 4.78 is 34.6. The van der Waals surface area contributed by atoms with Crippen LogP contribution in [0.3, 0.4) is 0 Å². The summed E-state index contributed by atoms with van der Waals surface area (Å²) in [7, 11) is 0. The lowest BCUT2D eigenvalue weighted by atomic mass is 9.88. The average molecular weight is 1110 g/mol. The van der Waals surface area contributed by atoms with Gasteiger partial charge in [0.05, 0.1) is 50.7 Å². The van der Waals surface area contributed by atoms with Gasteiger partial charge in [0.15, 0.2) is 12.6 Å². The number of allylic oxidation sites excluding steroid dienone is 4. The maximum atomic E-state index is 13.3. The van der Waals surface area contributed by atoms with Gasteiger partial charge in [-0.05, 0) is 32.1 Å². The van der Waals surface area contributed by atoms with Crippen molar-refractivity contribution >= 4 is 17.8 Å². The number of aliphatic hydroxyl groups excluding tert-OH is 11. The molecule has 3 fully saturated rings. The Bertz CT molecular complexity index is 1700. The molecule has 0 saturated carbocycles. The maximum absolute atomic E-state index is 13.3. The van der Waals surface area contributed by atoms with Crippen molar-refractivity contribution in [1.29, 1.82) is 0 Å². The van der Waals surface area contributed by atoms with Crippen LogP contribution in [0.5, 0.6) is 0 Å². The summed E-state index contributed by atoms with van der Waals surface area (Å²) in [5.41, 5.74) is 0. The van der Waals surface area contributed by atoms with E-state index in [4.69, 9.17) is 28.4 Å². The third-order valence-electron chi connectivity index (χ3n) is 14.4. The molecule has 18 unspecified atom stereocenters. The predicted octanol–water partition coefficient (Wildman–Crippen LogP) is 0.991. The Kier molecular flexibility index (Phi) is 33.1. The number of carbonyl (C=O) groups is 3. The maximum Gasteiger partial charge on any atom is 0.364 e.